The van der Waals surface area contributed by atoms with E-state index in [9.17, 15) is 0 Å². The number of para-hydroxylation sites is 1. The van der Waals surface area contributed by atoms with Gasteiger partial charge in [-0.15, -0.1) is 0 Å². The van der Waals surface area contributed by atoms with Crippen LogP contribution in [-0.4, -0.2) is 9.97 Å². The number of hydrogen-bond donors (Lipinski definition) is 0. The zero-order valence-electron chi connectivity index (χ0n) is 13.0. The van der Waals surface area contributed by atoms with E-state index >= 15 is 0 Å². The molecule has 0 atom stereocenters. The van der Waals surface area contributed by atoms with Crippen molar-refractivity contribution in [2.24, 2.45) is 0 Å². The third kappa shape index (κ3) is 2.04. The number of nitrogens with zero attached hydrogens (tertiary/aromatic N) is 2. The number of fused-ring (bicyclic) bond motifs is 4. The lowest BCUT2D eigenvalue weighted by atomic mass is 10.1. The van der Waals surface area contributed by atoms with E-state index < -0.39 is 0 Å². The quantitative estimate of drug-likeness (QED) is 0.376. The van der Waals surface area contributed by atoms with E-state index in [2.05, 4.69) is 54.6 Å². The number of benzene rings is 3. The fourth-order valence-electron chi connectivity index (χ4n) is 3.21. The molecule has 0 saturated carbocycles. The Morgan fingerprint density at radius 2 is 1.08 bits per heavy atom. The molecule has 2 heteroatoms. The summed E-state index contributed by atoms with van der Waals surface area (Å²) in [5, 5.41) is 4.68. The molecule has 2 aromatic heterocycles. The summed E-state index contributed by atoms with van der Waals surface area (Å²) in [6.07, 6.45) is 0. The second-order valence-electron chi connectivity index (χ2n) is 5.94. The largest absolute Gasteiger partial charge is 0.246 e. The Labute approximate surface area is 139 Å². The van der Waals surface area contributed by atoms with Gasteiger partial charge < -0.3 is 0 Å². The van der Waals surface area contributed by atoms with Crippen LogP contribution in [0, 0.1) is 0 Å². The summed E-state index contributed by atoms with van der Waals surface area (Å²) in [5.74, 6) is 0. The van der Waals surface area contributed by atoms with Gasteiger partial charge in [0.15, 0.2) is 0 Å². The fraction of sp³-hybridized carbons (Fsp3) is 0. The van der Waals surface area contributed by atoms with Crippen molar-refractivity contribution in [3.8, 4) is 11.4 Å². The third-order valence-corrected chi connectivity index (χ3v) is 4.45. The highest BCUT2D eigenvalue weighted by atomic mass is 14.8. The molecule has 0 bridgehead atoms. The van der Waals surface area contributed by atoms with Crippen molar-refractivity contribution in [2.75, 3.05) is 0 Å². The Morgan fingerprint density at radius 3 is 2.00 bits per heavy atom. The molecule has 0 aliphatic rings. The molecule has 2 heterocycles. The molecule has 112 valence electrons. The number of pyridine rings is 2. The maximum absolute atomic E-state index is 4.92. The average molecular weight is 306 g/mol. The summed E-state index contributed by atoms with van der Waals surface area (Å²) in [5.41, 5.74) is 3.84. The van der Waals surface area contributed by atoms with Gasteiger partial charge in [-0.1, -0.05) is 66.7 Å². The summed E-state index contributed by atoms with van der Waals surface area (Å²) >= 11 is 0. The zero-order chi connectivity index (χ0) is 15.9. The van der Waals surface area contributed by atoms with E-state index in [1.54, 1.807) is 0 Å². The SMILES string of the molecule is c1ccc2nc(-c3ccc4ccc5ccccc5c4n3)ccc2c1. The Balaban J connectivity index is 1.77. The van der Waals surface area contributed by atoms with E-state index in [1.165, 1.54) is 10.8 Å². The topological polar surface area (TPSA) is 25.8 Å². The van der Waals surface area contributed by atoms with Gasteiger partial charge in [0.1, 0.15) is 0 Å². The Bertz CT molecular complexity index is 1210. The Kier molecular flexibility index (Phi) is 2.83. The molecule has 5 aromatic rings. The predicted octanol–water partition coefficient (Wildman–Crippen LogP) is 5.60. The van der Waals surface area contributed by atoms with Crippen molar-refractivity contribution in [2.45, 2.75) is 0 Å². The predicted molar refractivity (Wildman–Crippen MR) is 100.0 cm³/mol. The maximum Gasteiger partial charge on any atom is 0.0894 e. The molecule has 3 aromatic carbocycles. The fourth-order valence-corrected chi connectivity index (χ4v) is 3.21. The normalized spacial score (nSPS) is 11.3. The second-order valence-corrected chi connectivity index (χ2v) is 5.94. The Hall–Kier alpha value is -3.26. The van der Waals surface area contributed by atoms with E-state index in [1.807, 2.05) is 30.3 Å². The summed E-state index contributed by atoms with van der Waals surface area (Å²) < 4.78 is 0. The summed E-state index contributed by atoms with van der Waals surface area (Å²) in [6, 6.07) is 29.1. The van der Waals surface area contributed by atoms with Crippen molar-refractivity contribution in [1.82, 2.24) is 9.97 Å². The summed E-state index contributed by atoms with van der Waals surface area (Å²) in [7, 11) is 0. The smallest absolute Gasteiger partial charge is 0.0894 e. The molecule has 0 saturated heterocycles. The van der Waals surface area contributed by atoms with Crippen LogP contribution in [0.2, 0.25) is 0 Å². The van der Waals surface area contributed by atoms with Crippen LogP contribution in [0.25, 0.3) is 44.0 Å². The molecule has 24 heavy (non-hydrogen) atoms. The van der Waals surface area contributed by atoms with Crippen LogP contribution < -0.4 is 0 Å². The van der Waals surface area contributed by atoms with Gasteiger partial charge in [-0.25, -0.2) is 9.97 Å². The van der Waals surface area contributed by atoms with E-state index in [0.717, 1.165) is 33.2 Å². The highest BCUT2D eigenvalue weighted by Crippen LogP contribution is 2.27. The molecule has 0 amide bonds. The Morgan fingerprint density at radius 1 is 0.458 bits per heavy atom. The molecule has 0 fully saturated rings. The van der Waals surface area contributed by atoms with Crippen LogP contribution in [-0.2, 0) is 0 Å². The standard InChI is InChI=1S/C22H14N2/c1-3-7-18-15(5-1)9-10-17-12-14-21(24-22(17)18)20-13-11-16-6-2-4-8-19(16)23-20/h1-14H. The van der Waals surface area contributed by atoms with Crippen molar-refractivity contribution in [3.63, 3.8) is 0 Å². The monoisotopic (exact) mass is 306 g/mol. The van der Waals surface area contributed by atoms with Gasteiger partial charge in [-0.3, -0.25) is 0 Å². The van der Waals surface area contributed by atoms with Crippen LogP contribution in [0.15, 0.2) is 84.9 Å². The van der Waals surface area contributed by atoms with Gasteiger partial charge in [0.05, 0.1) is 22.4 Å². The molecule has 0 spiro atoms. The first kappa shape index (κ1) is 13.2. The van der Waals surface area contributed by atoms with E-state index in [4.69, 9.17) is 9.97 Å². The molecule has 0 radical (unpaired) electrons. The average Bonchev–Trinajstić information content (AvgIpc) is 2.67. The van der Waals surface area contributed by atoms with Gasteiger partial charge in [0, 0.05) is 16.2 Å². The van der Waals surface area contributed by atoms with Crippen molar-refractivity contribution in [1.29, 1.82) is 0 Å². The van der Waals surface area contributed by atoms with Gasteiger partial charge in [0.2, 0.25) is 0 Å². The first-order valence-corrected chi connectivity index (χ1v) is 8.03. The van der Waals surface area contributed by atoms with Crippen LogP contribution >= 0.6 is 0 Å². The molecule has 0 unspecified atom stereocenters. The minimum Gasteiger partial charge on any atom is -0.246 e. The highest BCUT2D eigenvalue weighted by molar-refractivity contribution is 6.05. The van der Waals surface area contributed by atoms with Gasteiger partial charge in [-0.05, 0) is 23.6 Å². The number of hydrogen-bond acceptors (Lipinski definition) is 2. The maximum atomic E-state index is 4.92. The highest BCUT2D eigenvalue weighted by Gasteiger charge is 2.06. The van der Waals surface area contributed by atoms with Gasteiger partial charge in [0.25, 0.3) is 0 Å². The number of rotatable bonds is 1. The van der Waals surface area contributed by atoms with Gasteiger partial charge in [-0.2, -0.15) is 0 Å². The van der Waals surface area contributed by atoms with Gasteiger partial charge >= 0.3 is 0 Å². The van der Waals surface area contributed by atoms with Crippen molar-refractivity contribution >= 4 is 32.6 Å². The summed E-state index contributed by atoms with van der Waals surface area (Å²) in [4.78, 5) is 9.69. The minimum absolute atomic E-state index is 0.906. The van der Waals surface area contributed by atoms with E-state index in [0.29, 0.717) is 0 Å². The molecule has 0 N–H and O–H groups in total. The molecular formula is C22H14N2. The van der Waals surface area contributed by atoms with Crippen molar-refractivity contribution in [3.05, 3.63) is 84.9 Å². The van der Waals surface area contributed by atoms with E-state index in [-0.39, 0.29) is 0 Å². The zero-order valence-corrected chi connectivity index (χ0v) is 13.0. The number of aromatic nitrogens is 2. The van der Waals surface area contributed by atoms with Crippen LogP contribution in [0.1, 0.15) is 0 Å². The van der Waals surface area contributed by atoms with Crippen LogP contribution in [0.4, 0.5) is 0 Å². The molecule has 0 aliphatic carbocycles. The molecule has 0 aliphatic heterocycles. The van der Waals surface area contributed by atoms with Crippen LogP contribution in [0.5, 0.6) is 0 Å². The first-order chi connectivity index (χ1) is 11.9. The third-order valence-electron chi connectivity index (χ3n) is 4.45. The second kappa shape index (κ2) is 5.14. The van der Waals surface area contributed by atoms with Crippen LogP contribution in [0.3, 0.4) is 0 Å². The lowest BCUT2D eigenvalue weighted by molar-refractivity contribution is 1.32. The summed E-state index contributed by atoms with van der Waals surface area (Å²) in [6.45, 7) is 0. The lowest BCUT2D eigenvalue weighted by Gasteiger charge is -2.07. The minimum atomic E-state index is 0.906. The first-order valence-electron chi connectivity index (χ1n) is 8.03. The lowest BCUT2D eigenvalue weighted by Crippen LogP contribution is -1.90. The van der Waals surface area contributed by atoms with Crippen molar-refractivity contribution < 1.29 is 0 Å². The molecule has 2 nitrogen and oxygen atoms in total. The molecular weight excluding hydrogens is 292 g/mol. The molecule has 5 rings (SSSR count).